The second-order valence-corrected chi connectivity index (χ2v) is 23.0. The van der Waals surface area contributed by atoms with Crippen LogP contribution in [0.15, 0.2) is 95.7 Å². The van der Waals surface area contributed by atoms with Gasteiger partial charge < -0.3 is 14.0 Å². The van der Waals surface area contributed by atoms with Gasteiger partial charge in [-0.2, -0.15) is 0 Å². The summed E-state index contributed by atoms with van der Waals surface area (Å²) in [6, 6.07) is 34.1. The van der Waals surface area contributed by atoms with Gasteiger partial charge in [-0.05, 0) is 79.2 Å². The van der Waals surface area contributed by atoms with E-state index in [0.717, 1.165) is 84.3 Å². The van der Waals surface area contributed by atoms with Crippen molar-refractivity contribution in [2.24, 2.45) is 5.92 Å². The van der Waals surface area contributed by atoms with Crippen LogP contribution in [-0.4, -0.2) is 32.6 Å². The zero-order valence-electron chi connectivity index (χ0n) is 35.3. The summed E-state index contributed by atoms with van der Waals surface area (Å²) in [6.07, 6.45) is 10.8. The third-order valence-corrected chi connectivity index (χ3v) is 13.4. The first-order valence-electron chi connectivity index (χ1n) is 20.4. The Labute approximate surface area is 357 Å². The molecule has 1 fully saturated rings. The first-order chi connectivity index (χ1) is 27.2. The number of fused-ring (bicyclic) bond motifs is 4. The van der Waals surface area contributed by atoms with E-state index in [1.54, 1.807) is 16.9 Å². The van der Waals surface area contributed by atoms with Gasteiger partial charge in [0.1, 0.15) is 5.58 Å². The van der Waals surface area contributed by atoms with Crippen LogP contribution >= 0.6 is 0 Å². The Morgan fingerprint density at radius 2 is 1.57 bits per heavy atom. The standard InChI is InChI=1S/C30H27N4O.C20H26NSi.Ir/c1-17-14-24-22-8-7-9-23(28(22)35-26(24)16-31-17)29-33-25-15-18(2)32-19(3)27(25)34(29)21-12-10-20(11-13-21)30(4,5)6;1-22(2,3)20-15-21-19(17-11-5-4-6-12-17)14-18(20)13-16-9-7-8-10-16;/h7-8,10-16H,1-6H3;4-6,11,14-16H,7-10,13H2,1-3H3;/q2*-1;. The second kappa shape index (κ2) is 16.5. The van der Waals surface area contributed by atoms with Crippen molar-refractivity contribution < 1.29 is 24.5 Å². The molecule has 0 N–H and O–H groups in total. The van der Waals surface area contributed by atoms with Gasteiger partial charge in [0.05, 0.1) is 42.4 Å². The van der Waals surface area contributed by atoms with Gasteiger partial charge in [0.15, 0.2) is 0 Å². The Bertz CT molecular complexity index is 2720. The van der Waals surface area contributed by atoms with Crippen LogP contribution in [0, 0.1) is 38.8 Å². The van der Waals surface area contributed by atoms with Gasteiger partial charge in [0, 0.05) is 48.8 Å². The molecule has 0 amide bonds. The van der Waals surface area contributed by atoms with Gasteiger partial charge in [-0.1, -0.05) is 101 Å². The van der Waals surface area contributed by atoms with Crippen molar-refractivity contribution in [2.75, 3.05) is 0 Å². The van der Waals surface area contributed by atoms with E-state index in [0.29, 0.717) is 0 Å². The molecule has 9 rings (SSSR count). The normalized spacial score (nSPS) is 13.5. The van der Waals surface area contributed by atoms with E-state index in [9.17, 15) is 0 Å². The molecule has 0 bridgehead atoms. The van der Waals surface area contributed by atoms with E-state index in [2.05, 4.69) is 117 Å². The van der Waals surface area contributed by atoms with Crippen LogP contribution in [0.3, 0.4) is 0 Å². The van der Waals surface area contributed by atoms with E-state index in [4.69, 9.17) is 19.4 Å². The number of benzene rings is 3. The van der Waals surface area contributed by atoms with Gasteiger partial charge >= 0.3 is 0 Å². The molecule has 3 aromatic carbocycles. The molecule has 6 nitrogen and oxygen atoms in total. The fourth-order valence-electron chi connectivity index (χ4n) is 8.45. The predicted molar refractivity (Wildman–Crippen MR) is 238 cm³/mol. The van der Waals surface area contributed by atoms with Crippen LogP contribution in [0.2, 0.25) is 19.6 Å². The van der Waals surface area contributed by atoms with E-state index >= 15 is 0 Å². The number of aromatic nitrogens is 5. The summed E-state index contributed by atoms with van der Waals surface area (Å²) in [5, 5.41) is 3.62. The molecule has 1 radical (unpaired) electrons. The number of hydrogen-bond acceptors (Lipinski definition) is 5. The summed E-state index contributed by atoms with van der Waals surface area (Å²) in [5.74, 6) is 1.67. The van der Waals surface area contributed by atoms with Crippen molar-refractivity contribution in [2.45, 2.75) is 98.7 Å². The Morgan fingerprint density at radius 3 is 2.26 bits per heavy atom. The smallest absolute Gasteiger partial charge is 0.139 e. The van der Waals surface area contributed by atoms with Crippen molar-refractivity contribution in [1.29, 1.82) is 0 Å². The molecule has 0 atom stereocenters. The number of furan rings is 1. The molecule has 1 aliphatic carbocycles. The molecule has 1 saturated carbocycles. The second-order valence-electron chi connectivity index (χ2n) is 17.9. The molecule has 0 aliphatic heterocycles. The van der Waals surface area contributed by atoms with Gasteiger partial charge in [-0.3, -0.25) is 15.0 Å². The molecular formula is C50H53IrN5OSi-2. The Kier molecular flexibility index (Phi) is 11.8. The summed E-state index contributed by atoms with van der Waals surface area (Å²) in [4.78, 5) is 19.0. The van der Waals surface area contributed by atoms with Crippen molar-refractivity contribution in [3.8, 4) is 28.3 Å². The summed E-state index contributed by atoms with van der Waals surface area (Å²) in [7, 11) is -1.35. The van der Waals surface area contributed by atoms with Crippen molar-refractivity contribution >= 4 is 46.2 Å². The average Bonchev–Trinajstić information content (AvgIpc) is 3.92. The van der Waals surface area contributed by atoms with E-state index in [-0.39, 0.29) is 25.5 Å². The fourth-order valence-corrected chi connectivity index (χ4v) is 10.0. The molecule has 5 aromatic heterocycles. The van der Waals surface area contributed by atoms with E-state index in [1.807, 2.05) is 51.1 Å². The first-order valence-corrected chi connectivity index (χ1v) is 23.9. The fraction of sp³-hybridized carbons (Fsp3) is 0.320. The number of rotatable bonds is 6. The maximum absolute atomic E-state index is 6.33. The quantitative estimate of drug-likeness (QED) is 0.123. The molecule has 0 unspecified atom stereocenters. The van der Waals surface area contributed by atoms with Crippen molar-refractivity contribution in [3.05, 3.63) is 132 Å². The van der Waals surface area contributed by atoms with Crippen LogP contribution in [0.4, 0.5) is 0 Å². The monoisotopic (exact) mass is 960 g/mol. The summed E-state index contributed by atoms with van der Waals surface area (Å²) in [6.45, 7) is 20.0. The van der Waals surface area contributed by atoms with Crippen LogP contribution < -0.4 is 5.19 Å². The van der Waals surface area contributed by atoms with Crippen molar-refractivity contribution in [3.63, 3.8) is 0 Å². The number of hydrogen-bond donors (Lipinski definition) is 0. The summed E-state index contributed by atoms with van der Waals surface area (Å²) >= 11 is 0. The van der Waals surface area contributed by atoms with E-state index in [1.165, 1.54) is 37.7 Å². The SMILES string of the molecule is C[Si](C)(C)c1cnc(-c2[c-]cccc2)cc1CC1CCCC1.Cc1cc2c(cn1)oc1c(-c3nc4cc(C)nc(C)c4n3-c3ccc(C(C)(C)C)cc3)[c-]ccc12.[Ir]. The summed E-state index contributed by atoms with van der Waals surface area (Å²) in [5.41, 5.74) is 13.2. The molecule has 1 aliphatic rings. The summed E-state index contributed by atoms with van der Waals surface area (Å²) < 4.78 is 8.52. The molecule has 8 heteroatoms. The molecule has 5 heterocycles. The molecule has 0 spiro atoms. The van der Waals surface area contributed by atoms with Crippen LogP contribution in [0.1, 0.15) is 74.7 Å². The largest absolute Gasteiger partial charge is 0.499 e. The number of nitrogens with zero attached hydrogens (tertiary/aromatic N) is 5. The zero-order chi connectivity index (χ0) is 40.1. The van der Waals surface area contributed by atoms with Crippen LogP contribution in [-0.2, 0) is 31.9 Å². The van der Waals surface area contributed by atoms with Gasteiger partial charge in [-0.15, -0.1) is 54.1 Å². The third-order valence-electron chi connectivity index (χ3n) is 11.4. The number of imidazole rings is 1. The maximum atomic E-state index is 6.33. The minimum Gasteiger partial charge on any atom is -0.499 e. The average molecular weight is 960 g/mol. The first kappa shape index (κ1) is 41.4. The molecule has 0 saturated heterocycles. The zero-order valence-corrected chi connectivity index (χ0v) is 38.6. The van der Waals surface area contributed by atoms with E-state index < -0.39 is 8.07 Å². The number of pyridine rings is 3. The minimum atomic E-state index is -1.35. The van der Waals surface area contributed by atoms with Gasteiger partial charge in [0.25, 0.3) is 0 Å². The van der Waals surface area contributed by atoms with Crippen LogP contribution in [0.25, 0.3) is 61.3 Å². The van der Waals surface area contributed by atoms with Gasteiger partial charge in [0.2, 0.25) is 0 Å². The molecule has 299 valence electrons. The Balaban J connectivity index is 0.000000192. The Morgan fingerprint density at radius 1 is 0.810 bits per heavy atom. The molecular weight excluding hydrogens is 907 g/mol. The van der Waals surface area contributed by atoms with Gasteiger partial charge in [-0.25, -0.2) is 0 Å². The van der Waals surface area contributed by atoms with Crippen LogP contribution in [0.5, 0.6) is 0 Å². The third kappa shape index (κ3) is 8.38. The molecule has 58 heavy (non-hydrogen) atoms. The topological polar surface area (TPSA) is 69.6 Å². The minimum absolute atomic E-state index is 0. The number of aryl methyl sites for hydroxylation is 3. The molecule has 8 aromatic rings. The Hall–Kier alpha value is -4.75. The van der Waals surface area contributed by atoms with Crippen molar-refractivity contribution in [1.82, 2.24) is 24.5 Å². The maximum Gasteiger partial charge on any atom is 0.139 e. The predicted octanol–water partition coefficient (Wildman–Crippen LogP) is 12.2.